The first-order valence-electron chi connectivity index (χ1n) is 2.92. The van der Waals surface area contributed by atoms with Crippen LogP contribution < -0.4 is 11.0 Å². The largest absolute Gasteiger partial charge is 0.309 e. The molecular weight excluding hydrogens is 150 g/mol. The molecule has 0 unspecified atom stereocenters. The van der Waals surface area contributed by atoms with Crippen molar-refractivity contribution in [2.24, 2.45) is 0 Å². The minimum absolute atomic E-state index is 0.744. The summed E-state index contributed by atoms with van der Waals surface area (Å²) in [5.41, 5.74) is 6.74. The number of allylic oxidation sites excluding steroid dienone is 3. The van der Waals surface area contributed by atoms with Crippen LogP contribution in [-0.4, -0.2) is 5.01 Å². The summed E-state index contributed by atoms with van der Waals surface area (Å²) in [5, 5.41) is 2.58. The van der Waals surface area contributed by atoms with Crippen LogP contribution in [0.1, 0.15) is 0 Å². The molecule has 0 spiro atoms. The van der Waals surface area contributed by atoms with E-state index in [1.54, 1.807) is 0 Å². The van der Waals surface area contributed by atoms with Gasteiger partial charge in [-0.15, -0.1) is 5.53 Å². The number of hydrazine groups is 2. The van der Waals surface area contributed by atoms with E-state index in [4.69, 9.17) is 11.6 Å². The number of halogens is 1. The maximum absolute atomic E-state index is 5.73. The predicted octanol–water partition coefficient (Wildman–Crippen LogP) is 0.803. The molecule has 0 atom stereocenters. The Kier molecular flexibility index (Phi) is 1.19. The summed E-state index contributed by atoms with van der Waals surface area (Å²) in [4.78, 5) is 0. The van der Waals surface area contributed by atoms with Crippen molar-refractivity contribution in [2.75, 3.05) is 0 Å². The van der Waals surface area contributed by atoms with Gasteiger partial charge in [0.15, 0.2) is 0 Å². The summed E-state index contributed by atoms with van der Waals surface area (Å²) in [6.07, 6.45) is 7.38. The topological polar surface area (TPSA) is 27.3 Å². The van der Waals surface area contributed by atoms with E-state index in [2.05, 4.69) is 11.0 Å². The third-order valence-electron chi connectivity index (χ3n) is 1.35. The summed E-state index contributed by atoms with van der Waals surface area (Å²) < 4.78 is 0. The number of rotatable bonds is 0. The summed E-state index contributed by atoms with van der Waals surface area (Å²) in [6.45, 7) is 0. The standard InChI is InChI=1S/C6H6ClN3/c7-5-1-2-10-6(3-5)4-8-9-10/h1-4,8-9H. The van der Waals surface area contributed by atoms with Gasteiger partial charge >= 0.3 is 0 Å². The van der Waals surface area contributed by atoms with Crippen molar-refractivity contribution in [1.82, 2.24) is 16.0 Å². The molecule has 2 N–H and O–H groups in total. The fraction of sp³-hybridized carbons (Fsp3) is 0. The smallest absolute Gasteiger partial charge is 0.0775 e. The van der Waals surface area contributed by atoms with Crippen LogP contribution in [-0.2, 0) is 0 Å². The Hall–Kier alpha value is -0.930. The molecule has 52 valence electrons. The average Bonchev–Trinajstić information content (AvgIpc) is 2.33. The predicted molar refractivity (Wildman–Crippen MR) is 39.3 cm³/mol. The fourth-order valence-corrected chi connectivity index (χ4v) is 1.05. The lowest BCUT2D eigenvalue weighted by molar-refractivity contribution is 0.349. The number of nitrogens with one attached hydrogen (secondary N) is 2. The van der Waals surface area contributed by atoms with Crippen molar-refractivity contribution in [2.45, 2.75) is 0 Å². The van der Waals surface area contributed by atoms with Crippen molar-refractivity contribution in [1.29, 1.82) is 0 Å². The van der Waals surface area contributed by atoms with Crippen LogP contribution in [0.15, 0.2) is 35.3 Å². The Morgan fingerprint density at radius 2 is 2.40 bits per heavy atom. The zero-order valence-corrected chi connectivity index (χ0v) is 5.89. The molecule has 0 aliphatic carbocycles. The molecule has 0 saturated heterocycles. The first kappa shape index (κ1) is 5.82. The summed E-state index contributed by atoms with van der Waals surface area (Å²) >= 11 is 5.73. The van der Waals surface area contributed by atoms with Crippen molar-refractivity contribution in [3.8, 4) is 0 Å². The van der Waals surface area contributed by atoms with E-state index >= 15 is 0 Å². The maximum Gasteiger partial charge on any atom is 0.0775 e. The molecule has 0 aromatic heterocycles. The second-order valence-corrected chi connectivity index (χ2v) is 2.48. The molecule has 0 saturated carbocycles. The Balaban J connectivity index is 2.34. The van der Waals surface area contributed by atoms with Crippen LogP contribution >= 0.6 is 11.6 Å². The second kappa shape index (κ2) is 2.04. The van der Waals surface area contributed by atoms with E-state index in [1.165, 1.54) is 0 Å². The molecule has 0 aromatic carbocycles. The van der Waals surface area contributed by atoms with E-state index in [1.807, 2.05) is 29.6 Å². The fourth-order valence-electron chi connectivity index (χ4n) is 0.880. The Bertz CT molecular complexity index is 241. The normalized spacial score (nSPS) is 21.5. The van der Waals surface area contributed by atoms with E-state index in [9.17, 15) is 0 Å². The van der Waals surface area contributed by atoms with E-state index in [0.29, 0.717) is 0 Å². The molecular formula is C6H6ClN3. The van der Waals surface area contributed by atoms with Gasteiger partial charge < -0.3 is 5.43 Å². The molecule has 10 heavy (non-hydrogen) atoms. The van der Waals surface area contributed by atoms with Gasteiger partial charge in [-0.1, -0.05) is 11.6 Å². The van der Waals surface area contributed by atoms with Crippen LogP contribution in [0.25, 0.3) is 0 Å². The van der Waals surface area contributed by atoms with Gasteiger partial charge in [0.1, 0.15) is 0 Å². The van der Waals surface area contributed by atoms with Gasteiger partial charge in [0.25, 0.3) is 0 Å². The molecule has 2 aliphatic rings. The number of hydrogen-bond acceptors (Lipinski definition) is 3. The zero-order valence-electron chi connectivity index (χ0n) is 5.13. The van der Waals surface area contributed by atoms with Gasteiger partial charge in [0.05, 0.1) is 5.70 Å². The zero-order chi connectivity index (χ0) is 6.97. The van der Waals surface area contributed by atoms with Gasteiger partial charge in [0, 0.05) is 17.4 Å². The van der Waals surface area contributed by atoms with Gasteiger partial charge in [-0.25, -0.2) is 0 Å². The Labute approximate surface area is 63.6 Å². The summed E-state index contributed by atoms with van der Waals surface area (Å²) in [5.74, 6) is 0. The molecule has 3 nitrogen and oxygen atoms in total. The van der Waals surface area contributed by atoms with Crippen molar-refractivity contribution < 1.29 is 0 Å². The van der Waals surface area contributed by atoms with Crippen LogP contribution in [0.2, 0.25) is 0 Å². The van der Waals surface area contributed by atoms with Crippen LogP contribution in [0.4, 0.5) is 0 Å². The van der Waals surface area contributed by atoms with Crippen LogP contribution in [0.3, 0.4) is 0 Å². The van der Waals surface area contributed by atoms with Crippen molar-refractivity contribution >= 4 is 11.6 Å². The third-order valence-corrected chi connectivity index (χ3v) is 1.59. The highest BCUT2D eigenvalue weighted by Gasteiger charge is 2.12. The quantitative estimate of drug-likeness (QED) is 0.542. The molecule has 4 heteroatoms. The molecule has 2 rings (SSSR count). The maximum atomic E-state index is 5.73. The van der Waals surface area contributed by atoms with Gasteiger partial charge in [-0.2, -0.15) is 0 Å². The summed E-state index contributed by atoms with van der Waals surface area (Å²) in [7, 11) is 0. The molecule has 0 amide bonds. The lowest BCUT2D eigenvalue weighted by Crippen LogP contribution is -2.33. The second-order valence-electron chi connectivity index (χ2n) is 2.04. The first-order chi connectivity index (χ1) is 4.86. The first-order valence-corrected chi connectivity index (χ1v) is 3.30. The third kappa shape index (κ3) is 0.798. The van der Waals surface area contributed by atoms with Gasteiger partial charge in [0.2, 0.25) is 0 Å². The molecule has 0 bridgehead atoms. The summed E-state index contributed by atoms with van der Waals surface area (Å²) in [6, 6.07) is 0. The highest BCUT2D eigenvalue weighted by atomic mass is 35.5. The molecule has 2 aliphatic heterocycles. The molecule has 0 radical (unpaired) electrons. The SMILES string of the molecule is ClC1=CC2=CNNN2C=C1. The number of fused-ring (bicyclic) bond motifs is 1. The van der Waals surface area contributed by atoms with Crippen LogP contribution in [0.5, 0.6) is 0 Å². The van der Waals surface area contributed by atoms with Gasteiger partial charge in [-0.3, -0.25) is 5.01 Å². The van der Waals surface area contributed by atoms with Crippen molar-refractivity contribution in [3.63, 3.8) is 0 Å². The molecule has 0 aromatic rings. The Morgan fingerprint density at radius 1 is 1.50 bits per heavy atom. The highest BCUT2D eigenvalue weighted by Crippen LogP contribution is 2.18. The molecule has 0 fully saturated rings. The van der Waals surface area contributed by atoms with E-state index in [-0.39, 0.29) is 0 Å². The lowest BCUT2D eigenvalue weighted by atomic mass is 10.3. The van der Waals surface area contributed by atoms with Crippen LogP contribution in [0, 0.1) is 0 Å². The minimum atomic E-state index is 0.744. The monoisotopic (exact) mass is 155 g/mol. The Morgan fingerprint density at radius 3 is 3.30 bits per heavy atom. The minimum Gasteiger partial charge on any atom is -0.309 e. The number of hydrogen-bond donors (Lipinski definition) is 2. The highest BCUT2D eigenvalue weighted by molar-refractivity contribution is 6.31. The average molecular weight is 156 g/mol. The van der Waals surface area contributed by atoms with E-state index < -0.39 is 0 Å². The lowest BCUT2D eigenvalue weighted by Gasteiger charge is -2.16. The van der Waals surface area contributed by atoms with E-state index in [0.717, 1.165) is 10.7 Å². The molecule has 2 heterocycles. The van der Waals surface area contributed by atoms with Gasteiger partial charge in [-0.05, 0) is 12.2 Å². The number of nitrogens with zero attached hydrogens (tertiary/aromatic N) is 1. The van der Waals surface area contributed by atoms with Crippen molar-refractivity contribution in [3.05, 3.63) is 35.3 Å².